The molecule has 5 heteroatoms. The van der Waals surface area contributed by atoms with Gasteiger partial charge in [-0.05, 0) is 220 Å². The monoisotopic (exact) mass is 1670 g/mol. The van der Waals surface area contributed by atoms with Gasteiger partial charge in [-0.2, -0.15) is 0 Å². The Morgan fingerprint density at radius 2 is 0.405 bits per heavy atom. The summed E-state index contributed by atoms with van der Waals surface area (Å²) in [6, 6.07) is 185. The highest BCUT2D eigenvalue weighted by Gasteiger charge is 2.29. The molecular formula is C126H85N5. The van der Waals surface area contributed by atoms with Gasteiger partial charge in [0.1, 0.15) is 0 Å². The van der Waals surface area contributed by atoms with Crippen molar-refractivity contribution in [3.05, 3.63) is 516 Å². The van der Waals surface area contributed by atoms with Crippen molar-refractivity contribution in [2.45, 2.75) is 0 Å². The summed E-state index contributed by atoms with van der Waals surface area (Å²) in [7, 11) is 0. The molecule has 0 aliphatic heterocycles. The fourth-order valence-corrected chi connectivity index (χ4v) is 19.7. The van der Waals surface area contributed by atoms with Crippen LogP contribution in [0.25, 0.3) is 227 Å². The summed E-state index contributed by atoms with van der Waals surface area (Å²) in [6.07, 6.45) is 0. The highest BCUT2D eigenvalue weighted by molar-refractivity contribution is 6.15. The molecule has 0 spiro atoms. The summed E-state index contributed by atoms with van der Waals surface area (Å²) >= 11 is 0. The molecule has 5 nitrogen and oxygen atoms in total. The van der Waals surface area contributed by atoms with Crippen molar-refractivity contribution in [3.8, 4) is 140 Å². The maximum Gasteiger partial charge on any atom is 0.0971 e. The van der Waals surface area contributed by atoms with Gasteiger partial charge in [0.15, 0.2) is 0 Å². The standard InChI is InChI=1S/C65H45N.C47H30N4.C14H10/c1-9-26-46(27-10-1)54-44-56(62(50-34-17-5-18-35-50)64(52-38-21-7-22-39-52)60(54)48-30-13-3-14-31-48)58-42-25-43-59(66-58)57-45-55(47-28-11-2-12-29-47)61(49-32-15-4-16-33-49)65(53-40-23-8-24-41-53)63(57)51-36-19-6-20-37-51;1-2-13-31(14-3-1)40-26-28-46-47(48-40)39-30-34(50-43-23-10-6-19-37(43)38-20-7-11-24-44(38)50)25-27-45(39)51(46)33-16-12-15-32(29-33)49-41-21-8-4-17-35(41)36-18-5-9-22-42(36)49;1-2-6-12-10-14-8-4-3-7-13(14)9-11(12)5-1/h1-45H;1-30H;1-10H. The van der Waals surface area contributed by atoms with Crippen molar-refractivity contribution in [3.63, 3.8) is 0 Å². The van der Waals surface area contributed by atoms with Crippen LogP contribution in [0, 0.1) is 0 Å². The lowest BCUT2D eigenvalue weighted by atomic mass is 9.79. The van der Waals surface area contributed by atoms with Gasteiger partial charge in [-0.25, -0.2) is 9.97 Å². The van der Waals surface area contributed by atoms with Crippen molar-refractivity contribution in [2.75, 3.05) is 0 Å². The van der Waals surface area contributed by atoms with E-state index in [-0.39, 0.29) is 0 Å². The molecule has 0 amide bonds. The third-order valence-corrected chi connectivity index (χ3v) is 25.5. The molecule has 0 bridgehead atoms. The van der Waals surface area contributed by atoms with Crippen LogP contribution in [0.1, 0.15) is 0 Å². The first kappa shape index (κ1) is 78.3. The smallest absolute Gasteiger partial charge is 0.0971 e. The molecule has 0 N–H and O–H groups in total. The van der Waals surface area contributed by atoms with E-state index in [1.54, 1.807) is 0 Å². The van der Waals surface area contributed by atoms with Crippen LogP contribution in [0.2, 0.25) is 0 Å². The normalized spacial score (nSPS) is 11.4. The van der Waals surface area contributed by atoms with Gasteiger partial charge in [0.2, 0.25) is 0 Å². The maximum absolute atomic E-state index is 5.83. The van der Waals surface area contributed by atoms with E-state index in [1.165, 1.54) is 87.4 Å². The molecule has 0 radical (unpaired) electrons. The second-order valence-corrected chi connectivity index (χ2v) is 33.3. The zero-order chi connectivity index (χ0) is 86.9. The van der Waals surface area contributed by atoms with E-state index in [0.717, 1.165) is 140 Å². The van der Waals surface area contributed by atoms with Gasteiger partial charge < -0.3 is 13.7 Å². The average Bonchev–Trinajstić information content (AvgIpc) is 1.32. The number of fused-ring (bicyclic) bond motifs is 11. The summed E-state index contributed by atoms with van der Waals surface area (Å²) in [4.78, 5) is 11.2. The fourth-order valence-electron chi connectivity index (χ4n) is 19.7. The van der Waals surface area contributed by atoms with Crippen molar-refractivity contribution < 1.29 is 0 Å². The fraction of sp³-hybridized carbons (Fsp3) is 0. The van der Waals surface area contributed by atoms with Crippen LogP contribution in [-0.2, 0) is 0 Å². The van der Waals surface area contributed by atoms with Gasteiger partial charge in [-0.15, -0.1) is 0 Å². The van der Waals surface area contributed by atoms with Gasteiger partial charge >= 0.3 is 0 Å². The topological polar surface area (TPSA) is 40.6 Å². The van der Waals surface area contributed by atoms with Gasteiger partial charge in [0.05, 0.1) is 55.7 Å². The van der Waals surface area contributed by atoms with Crippen molar-refractivity contribution >= 4 is 87.1 Å². The second-order valence-electron chi connectivity index (χ2n) is 33.3. The molecule has 131 heavy (non-hydrogen) atoms. The summed E-state index contributed by atoms with van der Waals surface area (Å²) < 4.78 is 7.14. The number of benzene rings is 20. The number of nitrogens with zero attached hydrogens (tertiary/aromatic N) is 5. The molecule has 0 aliphatic carbocycles. The number of para-hydroxylation sites is 4. The van der Waals surface area contributed by atoms with Crippen molar-refractivity contribution in [2.24, 2.45) is 0 Å². The van der Waals surface area contributed by atoms with Crippen LogP contribution in [0.15, 0.2) is 516 Å². The molecule has 20 aromatic carbocycles. The third-order valence-electron chi connectivity index (χ3n) is 25.5. The van der Waals surface area contributed by atoms with E-state index in [9.17, 15) is 0 Å². The minimum absolute atomic E-state index is 0.897. The summed E-state index contributed by atoms with van der Waals surface area (Å²) in [5.41, 5.74) is 35.7. The maximum atomic E-state index is 5.83. The van der Waals surface area contributed by atoms with E-state index in [0.29, 0.717) is 0 Å². The average molecular weight is 1670 g/mol. The predicted octanol–water partition coefficient (Wildman–Crippen LogP) is 33.8. The van der Waals surface area contributed by atoms with E-state index in [1.807, 2.05) is 0 Å². The highest BCUT2D eigenvalue weighted by atomic mass is 15.0. The van der Waals surface area contributed by atoms with Crippen LogP contribution >= 0.6 is 0 Å². The van der Waals surface area contributed by atoms with Crippen LogP contribution < -0.4 is 0 Å². The number of aromatic nitrogens is 5. The predicted molar refractivity (Wildman–Crippen MR) is 553 cm³/mol. The molecule has 5 heterocycles. The zero-order valence-corrected chi connectivity index (χ0v) is 71.8. The Kier molecular flexibility index (Phi) is 20.6. The number of hydrogen-bond donors (Lipinski definition) is 0. The lowest BCUT2D eigenvalue weighted by Crippen LogP contribution is -2.01. The Morgan fingerprint density at radius 1 is 0.137 bits per heavy atom. The van der Waals surface area contributed by atoms with Crippen LogP contribution in [0.5, 0.6) is 0 Å². The summed E-state index contributed by atoms with van der Waals surface area (Å²) in [6.45, 7) is 0. The molecule has 614 valence electrons. The van der Waals surface area contributed by atoms with E-state index >= 15 is 0 Å². The highest BCUT2D eigenvalue weighted by Crippen LogP contribution is 2.54. The Labute approximate surface area is 761 Å². The molecule has 0 saturated carbocycles. The molecule has 0 saturated heterocycles. The van der Waals surface area contributed by atoms with Gasteiger partial charge in [-0.1, -0.05) is 406 Å². The minimum Gasteiger partial charge on any atom is -0.309 e. The molecule has 0 fully saturated rings. The number of rotatable bonds is 14. The molecule has 25 aromatic rings. The molecule has 25 rings (SSSR count). The van der Waals surface area contributed by atoms with Crippen molar-refractivity contribution in [1.82, 2.24) is 23.7 Å². The Hall–Kier alpha value is -17.4. The number of hydrogen-bond acceptors (Lipinski definition) is 2. The summed E-state index contributed by atoms with van der Waals surface area (Å²) in [5, 5.41) is 11.4. The lowest BCUT2D eigenvalue weighted by Gasteiger charge is -2.25. The SMILES string of the molecule is c1ccc(-c2cc(-c3cccc(-c4cc(-c5ccccc5)c(-c5ccccc5)c(-c5ccccc5)c4-c4ccccc4)n3)c(-c3ccccc3)c(-c3ccccc3)c2-c2ccccc2)cc1.c1ccc(-c2ccc3c(n2)c2cc(-n4c5ccccc5c5ccccc54)ccc2n3-c2cccc(-n3c4ccccc4c4ccccc43)c2)cc1.c1ccc2cc3ccccc3cc2c1. The van der Waals surface area contributed by atoms with Crippen LogP contribution in [-0.4, -0.2) is 23.7 Å². The minimum atomic E-state index is 0.897. The third kappa shape index (κ3) is 14.7. The Morgan fingerprint density at radius 3 is 0.763 bits per heavy atom. The molecule has 5 aromatic heterocycles. The van der Waals surface area contributed by atoms with Gasteiger partial charge in [0, 0.05) is 60.7 Å². The summed E-state index contributed by atoms with van der Waals surface area (Å²) in [5.74, 6) is 0. The molecule has 0 atom stereocenters. The first-order valence-corrected chi connectivity index (χ1v) is 44.8. The molecule has 0 aliphatic rings. The van der Waals surface area contributed by atoms with E-state index < -0.39 is 0 Å². The van der Waals surface area contributed by atoms with Gasteiger partial charge in [-0.3, -0.25) is 0 Å². The second kappa shape index (κ2) is 34.5. The quantitative estimate of drug-likeness (QED) is 0.102. The van der Waals surface area contributed by atoms with Gasteiger partial charge in [0.25, 0.3) is 0 Å². The Bertz CT molecular complexity index is 8080. The van der Waals surface area contributed by atoms with Crippen LogP contribution in [0.4, 0.5) is 0 Å². The molecular weight excluding hydrogens is 1580 g/mol. The van der Waals surface area contributed by atoms with E-state index in [2.05, 4.69) is 529 Å². The van der Waals surface area contributed by atoms with Crippen LogP contribution in [0.3, 0.4) is 0 Å². The molecule has 0 unspecified atom stereocenters. The van der Waals surface area contributed by atoms with Crippen molar-refractivity contribution in [1.29, 1.82) is 0 Å². The first-order valence-electron chi connectivity index (χ1n) is 44.8. The zero-order valence-electron chi connectivity index (χ0n) is 71.8. The largest absolute Gasteiger partial charge is 0.309 e. The number of pyridine rings is 2. The van der Waals surface area contributed by atoms with E-state index in [4.69, 9.17) is 9.97 Å². The Balaban J connectivity index is 0.000000132. The first-order chi connectivity index (χ1) is 65.0. The lowest BCUT2D eigenvalue weighted by molar-refractivity contribution is 1.13.